The Balaban J connectivity index is 2.13. The first-order valence-corrected chi connectivity index (χ1v) is 13.2. The number of nitrogens with two attached hydrogens (primary N) is 1. The van der Waals surface area contributed by atoms with Gasteiger partial charge in [-0.05, 0) is 31.1 Å². The lowest BCUT2D eigenvalue weighted by molar-refractivity contribution is -0.143. The lowest BCUT2D eigenvalue weighted by Gasteiger charge is -2.36. The molecule has 1 aliphatic heterocycles. The van der Waals surface area contributed by atoms with Gasteiger partial charge in [-0.1, -0.05) is 65.0 Å². The summed E-state index contributed by atoms with van der Waals surface area (Å²) in [7, 11) is 0. The number of urea groups is 1. The Morgan fingerprint density at radius 1 is 0.974 bits per heavy atom. The van der Waals surface area contributed by atoms with Gasteiger partial charge >= 0.3 is 6.03 Å². The number of hydrogen-bond acceptors (Lipinski definition) is 6. The van der Waals surface area contributed by atoms with Crippen molar-refractivity contribution in [2.45, 2.75) is 85.0 Å². The number of ketones is 2. The molecule has 214 valence electrons. The van der Waals surface area contributed by atoms with E-state index in [1.807, 2.05) is 19.9 Å². The van der Waals surface area contributed by atoms with Crippen molar-refractivity contribution in [2.75, 3.05) is 6.54 Å². The van der Waals surface area contributed by atoms with E-state index < -0.39 is 59.1 Å². The summed E-state index contributed by atoms with van der Waals surface area (Å²) in [5.74, 6) is -3.26. The third-order valence-electron chi connectivity index (χ3n) is 6.84. The summed E-state index contributed by atoms with van der Waals surface area (Å²) in [4.78, 5) is 76.7. The SMILES string of the molecule is CC(NC(=O)[C@@H]1CCCN1C(=O)[C@@H](NC(=O)N[C@H](CC(=O)c1ccccc1)C(C)C)C(C)(C)C)C(=O)C(N)=O. The highest BCUT2D eigenvalue weighted by Crippen LogP contribution is 2.26. The van der Waals surface area contributed by atoms with Gasteiger partial charge in [-0.15, -0.1) is 0 Å². The Hall–Kier alpha value is -3.76. The van der Waals surface area contributed by atoms with Gasteiger partial charge in [-0.2, -0.15) is 0 Å². The molecule has 0 radical (unpaired) electrons. The molecule has 5 amide bonds. The molecule has 0 bridgehead atoms. The first-order valence-electron chi connectivity index (χ1n) is 13.2. The summed E-state index contributed by atoms with van der Waals surface area (Å²) in [6.07, 6.45) is 1.02. The summed E-state index contributed by atoms with van der Waals surface area (Å²) in [6, 6.07) is 4.80. The number of carbonyl (C=O) groups is 6. The van der Waals surface area contributed by atoms with Gasteiger partial charge in [0, 0.05) is 24.6 Å². The Morgan fingerprint density at radius 3 is 2.13 bits per heavy atom. The molecule has 11 nitrogen and oxygen atoms in total. The normalized spacial score (nSPS) is 17.6. The molecule has 39 heavy (non-hydrogen) atoms. The van der Waals surface area contributed by atoms with E-state index in [2.05, 4.69) is 16.0 Å². The summed E-state index contributed by atoms with van der Waals surface area (Å²) >= 11 is 0. The van der Waals surface area contributed by atoms with E-state index in [0.717, 1.165) is 0 Å². The average molecular weight is 544 g/mol. The van der Waals surface area contributed by atoms with Crippen LogP contribution < -0.4 is 21.7 Å². The molecule has 0 aromatic heterocycles. The molecule has 4 atom stereocenters. The molecule has 1 heterocycles. The zero-order valence-electron chi connectivity index (χ0n) is 23.6. The van der Waals surface area contributed by atoms with Crippen molar-refractivity contribution in [1.29, 1.82) is 0 Å². The third-order valence-corrected chi connectivity index (χ3v) is 6.84. The van der Waals surface area contributed by atoms with Gasteiger partial charge in [0.15, 0.2) is 5.78 Å². The van der Waals surface area contributed by atoms with Gasteiger partial charge in [-0.25, -0.2) is 4.79 Å². The molecule has 0 aliphatic carbocycles. The van der Waals surface area contributed by atoms with Crippen LogP contribution in [0.25, 0.3) is 0 Å². The van der Waals surface area contributed by atoms with E-state index in [9.17, 15) is 28.8 Å². The van der Waals surface area contributed by atoms with E-state index in [4.69, 9.17) is 5.73 Å². The minimum absolute atomic E-state index is 0.0519. The molecule has 2 rings (SSSR count). The van der Waals surface area contributed by atoms with Crippen LogP contribution in [-0.2, 0) is 19.2 Å². The van der Waals surface area contributed by atoms with Gasteiger partial charge < -0.3 is 26.6 Å². The zero-order chi connectivity index (χ0) is 29.5. The molecule has 1 saturated heterocycles. The predicted octanol–water partition coefficient (Wildman–Crippen LogP) is 1.55. The largest absolute Gasteiger partial charge is 0.363 e. The molecule has 0 saturated carbocycles. The average Bonchev–Trinajstić information content (AvgIpc) is 3.36. The van der Waals surface area contributed by atoms with E-state index in [0.29, 0.717) is 24.9 Å². The molecule has 1 aromatic rings. The maximum Gasteiger partial charge on any atom is 0.315 e. The summed E-state index contributed by atoms with van der Waals surface area (Å²) in [5, 5.41) is 8.07. The number of nitrogens with one attached hydrogen (secondary N) is 3. The summed E-state index contributed by atoms with van der Waals surface area (Å²) in [6.45, 7) is 10.8. The molecule has 11 heteroatoms. The Kier molecular flexibility index (Phi) is 10.8. The zero-order valence-corrected chi connectivity index (χ0v) is 23.6. The summed E-state index contributed by atoms with van der Waals surface area (Å²) < 4.78 is 0. The van der Waals surface area contributed by atoms with Crippen molar-refractivity contribution in [2.24, 2.45) is 17.1 Å². The number of Topliss-reactive ketones (excluding diaryl/α,β-unsaturated/α-hetero) is 2. The lowest BCUT2D eigenvalue weighted by Crippen LogP contribution is -2.60. The number of nitrogens with zero attached hydrogens (tertiary/aromatic N) is 1. The second-order valence-electron chi connectivity index (χ2n) is 11.4. The van der Waals surface area contributed by atoms with Gasteiger partial charge in [0.05, 0.1) is 6.04 Å². The molecule has 1 unspecified atom stereocenters. The van der Waals surface area contributed by atoms with E-state index in [1.54, 1.807) is 45.0 Å². The van der Waals surface area contributed by atoms with Gasteiger partial charge in [0.2, 0.25) is 17.6 Å². The second kappa shape index (κ2) is 13.3. The number of hydrogen-bond donors (Lipinski definition) is 4. The van der Waals surface area contributed by atoms with Crippen LogP contribution in [0.2, 0.25) is 0 Å². The second-order valence-corrected chi connectivity index (χ2v) is 11.4. The van der Waals surface area contributed by atoms with Crippen LogP contribution in [0.5, 0.6) is 0 Å². The monoisotopic (exact) mass is 543 g/mol. The van der Waals surface area contributed by atoms with Crippen molar-refractivity contribution in [3.05, 3.63) is 35.9 Å². The minimum atomic E-state index is -1.16. The van der Waals surface area contributed by atoms with Crippen LogP contribution in [0.3, 0.4) is 0 Å². The summed E-state index contributed by atoms with van der Waals surface area (Å²) in [5.41, 5.74) is 4.86. The van der Waals surface area contributed by atoms with Crippen LogP contribution in [-0.4, -0.2) is 70.9 Å². The topological polar surface area (TPSA) is 168 Å². The smallest absolute Gasteiger partial charge is 0.315 e. The maximum absolute atomic E-state index is 13.7. The number of likely N-dealkylation sites (tertiary alicyclic amines) is 1. The Bertz CT molecular complexity index is 1080. The molecular formula is C28H41N5O6. The number of carbonyl (C=O) groups excluding carboxylic acids is 6. The molecular weight excluding hydrogens is 502 g/mol. The number of amides is 5. The van der Waals surface area contributed by atoms with E-state index in [1.165, 1.54) is 11.8 Å². The first-order chi connectivity index (χ1) is 18.1. The fraction of sp³-hybridized carbons (Fsp3) is 0.571. The Morgan fingerprint density at radius 2 is 1.59 bits per heavy atom. The van der Waals surface area contributed by atoms with Crippen LogP contribution in [0.1, 0.15) is 71.2 Å². The maximum atomic E-state index is 13.7. The van der Waals surface area contributed by atoms with E-state index in [-0.39, 0.29) is 18.1 Å². The fourth-order valence-electron chi connectivity index (χ4n) is 4.44. The molecule has 5 N–H and O–H groups in total. The van der Waals surface area contributed by atoms with Crippen molar-refractivity contribution in [1.82, 2.24) is 20.9 Å². The standard InChI is InChI=1S/C28H41N5O6/c1-16(2)19(15-21(34)18-11-8-7-9-12-18)31-27(39)32-23(28(4,5)6)26(38)33-14-10-13-20(33)25(37)30-17(3)22(35)24(29)36/h7-9,11-12,16-17,19-20,23H,10,13-15H2,1-6H3,(H2,29,36)(H,30,37)(H2,31,32,39)/t17?,19-,20+,23-/m1/s1. The van der Waals surface area contributed by atoms with Crippen molar-refractivity contribution in [3.63, 3.8) is 0 Å². The lowest BCUT2D eigenvalue weighted by atomic mass is 9.85. The first kappa shape index (κ1) is 31.5. The van der Waals surface area contributed by atoms with Crippen molar-refractivity contribution in [3.8, 4) is 0 Å². The van der Waals surface area contributed by atoms with E-state index >= 15 is 0 Å². The molecule has 1 aromatic carbocycles. The van der Waals surface area contributed by atoms with Crippen LogP contribution >= 0.6 is 0 Å². The number of primary amides is 1. The highest BCUT2D eigenvalue weighted by Gasteiger charge is 2.42. The highest BCUT2D eigenvalue weighted by atomic mass is 16.2. The number of rotatable bonds is 11. The quantitative estimate of drug-likeness (QED) is 0.244. The third kappa shape index (κ3) is 8.62. The predicted molar refractivity (Wildman–Crippen MR) is 145 cm³/mol. The molecule has 1 fully saturated rings. The Labute approximate surface area is 229 Å². The number of benzene rings is 1. The van der Waals surface area contributed by atoms with Crippen LogP contribution in [0.15, 0.2) is 30.3 Å². The van der Waals surface area contributed by atoms with Crippen molar-refractivity contribution >= 4 is 35.3 Å². The van der Waals surface area contributed by atoms with Gasteiger partial charge in [0.25, 0.3) is 5.91 Å². The van der Waals surface area contributed by atoms with Gasteiger partial charge in [0.1, 0.15) is 12.1 Å². The minimum Gasteiger partial charge on any atom is -0.363 e. The van der Waals surface area contributed by atoms with Crippen LogP contribution in [0.4, 0.5) is 4.79 Å². The fourth-order valence-corrected chi connectivity index (χ4v) is 4.44. The van der Waals surface area contributed by atoms with Crippen molar-refractivity contribution < 1.29 is 28.8 Å². The van der Waals surface area contributed by atoms with Gasteiger partial charge in [-0.3, -0.25) is 24.0 Å². The highest BCUT2D eigenvalue weighted by molar-refractivity contribution is 6.37. The van der Waals surface area contributed by atoms with Crippen LogP contribution in [0, 0.1) is 11.3 Å². The molecule has 1 aliphatic rings. The molecule has 0 spiro atoms.